The van der Waals surface area contributed by atoms with Crippen molar-refractivity contribution in [3.63, 3.8) is 0 Å². The maximum atomic E-state index is 14.1. The molecular formula is C26H23FN6O4. The number of hydrogen-bond acceptors (Lipinski definition) is 6. The Balaban J connectivity index is 1.71. The van der Waals surface area contributed by atoms with E-state index in [1.165, 1.54) is 17.0 Å². The third kappa shape index (κ3) is 4.20. The van der Waals surface area contributed by atoms with Crippen LogP contribution in [0.15, 0.2) is 48.5 Å². The normalized spacial score (nSPS) is 15.3. The first-order valence-electron chi connectivity index (χ1n) is 11.4. The molecule has 11 heteroatoms. The number of amidine groups is 1. The van der Waals surface area contributed by atoms with Gasteiger partial charge in [0, 0.05) is 28.8 Å². The number of hydrogen-bond donors (Lipinski definition) is 6. The van der Waals surface area contributed by atoms with Crippen molar-refractivity contribution in [2.24, 2.45) is 11.5 Å². The van der Waals surface area contributed by atoms with Crippen LogP contribution in [0.3, 0.4) is 0 Å². The van der Waals surface area contributed by atoms with E-state index >= 15 is 0 Å². The van der Waals surface area contributed by atoms with Gasteiger partial charge < -0.3 is 31.6 Å². The van der Waals surface area contributed by atoms with Gasteiger partial charge in [0.2, 0.25) is 5.91 Å². The quantitative estimate of drug-likeness (QED) is 0.180. The lowest BCUT2D eigenvalue weighted by atomic mass is 9.96. The van der Waals surface area contributed by atoms with Gasteiger partial charge in [-0.1, -0.05) is 0 Å². The first kappa shape index (κ1) is 23.8. The monoisotopic (exact) mass is 502 g/mol. The Kier molecular flexibility index (Phi) is 5.75. The maximum Gasteiger partial charge on any atom is 0.254 e. The number of carbonyl (C=O) groups excluding carboxylic acids is 2. The number of aromatic nitrogens is 2. The van der Waals surface area contributed by atoms with Gasteiger partial charge >= 0.3 is 0 Å². The third-order valence-corrected chi connectivity index (χ3v) is 6.50. The Morgan fingerprint density at radius 1 is 1.03 bits per heavy atom. The van der Waals surface area contributed by atoms with E-state index < -0.39 is 23.7 Å². The minimum atomic E-state index is -0.771. The highest BCUT2D eigenvalue weighted by molar-refractivity contribution is 6.02. The number of nitrogens with one attached hydrogen (secondary N) is 2. The van der Waals surface area contributed by atoms with Crippen molar-refractivity contribution in [3.8, 4) is 34.0 Å². The molecule has 37 heavy (non-hydrogen) atoms. The van der Waals surface area contributed by atoms with E-state index in [9.17, 15) is 24.2 Å². The molecule has 0 radical (unpaired) electrons. The fourth-order valence-corrected chi connectivity index (χ4v) is 4.64. The maximum absolute atomic E-state index is 14.1. The fourth-order valence-electron chi connectivity index (χ4n) is 4.64. The van der Waals surface area contributed by atoms with E-state index in [0.717, 1.165) is 18.2 Å². The smallest absolute Gasteiger partial charge is 0.254 e. The predicted molar refractivity (Wildman–Crippen MR) is 135 cm³/mol. The molecule has 1 atom stereocenters. The molecule has 1 fully saturated rings. The molecule has 2 amide bonds. The average Bonchev–Trinajstić information content (AvgIpc) is 3.52. The number of nitrogens with zero attached hydrogens (tertiary/aromatic N) is 2. The fraction of sp³-hybridized carbons (Fsp3) is 0.154. The molecule has 0 bridgehead atoms. The topological polar surface area (TPSA) is 182 Å². The molecule has 1 saturated heterocycles. The summed E-state index contributed by atoms with van der Waals surface area (Å²) in [5.41, 5.74) is 12.8. The highest BCUT2D eigenvalue weighted by Crippen LogP contribution is 2.42. The number of phenolic OH excluding ortho intramolecular Hbond substituents is 2. The van der Waals surface area contributed by atoms with E-state index in [2.05, 4.69) is 9.97 Å². The van der Waals surface area contributed by atoms with Crippen LogP contribution in [0.1, 0.15) is 28.8 Å². The van der Waals surface area contributed by atoms with Crippen LogP contribution >= 0.6 is 0 Å². The van der Waals surface area contributed by atoms with Gasteiger partial charge in [-0.3, -0.25) is 15.0 Å². The Morgan fingerprint density at radius 2 is 1.78 bits per heavy atom. The zero-order chi connectivity index (χ0) is 26.4. The lowest BCUT2D eigenvalue weighted by molar-refractivity contribution is -0.121. The first-order valence-corrected chi connectivity index (χ1v) is 11.4. The number of fused-ring (bicyclic) bond motifs is 1. The van der Waals surface area contributed by atoms with Crippen molar-refractivity contribution in [1.82, 2.24) is 14.9 Å². The first-order chi connectivity index (χ1) is 17.6. The number of rotatable bonds is 5. The second-order valence-corrected chi connectivity index (χ2v) is 8.87. The van der Waals surface area contributed by atoms with Gasteiger partial charge in [0.15, 0.2) is 0 Å². The molecule has 1 aliphatic heterocycles. The van der Waals surface area contributed by atoms with Crippen LogP contribution in [0.5, 0.6) is 11.5 Å². The summed E-state index contributed by atoms with van der Waals surface area (Å²) in [6.07, 6.45) is 1.04. The van der Waals surface area contributed by atoms with Crippen LogP contribution in [-0.4, -0.2) is 55.3 Å². The van der Waals surface area contributed by atoms with Crippen LogP contribution in [0.25, 0.3) is 33.5 Å². The van der Waals surface area contributed by atoms with E-state index in [4.69, 9.17) is 16.9 Å². The molecule has 10 nitrogen and oxygen atoms in total. The standard InChI is InChI=1S/C26H23FN6O4/c27-14-4-6-21(34)15(11-14)16-8-13(26(37)33-7-1-2-20(33)24(30)36)9-17(22(16)35)25-31-18-5-3-12(23(28)29)10-19(18)32-25/h3-6,8-11,20,34-35H,1-2,7H2,(H3,28,29)(H2,30,36)(H,31,32). The molecule has 8 N–H and O–H groups in total. The van der Waals surface area contributed by atoms with E-state index in [-0.39, 0.29) is 45.4 Å². The van der Waals surface area contributed by atoms with Crippen molar-refractivity contribution in [2.45, 2.75) is 18.9 Å². The number of phenols is 2. The summed E-state index contributed by atoms with van der Waals surface area (Å²) in [6.45, 7) is 0.321. The number of imidazole rings is 1. The minimum Gasteiger partial charge on any atom is -0.507 e. The number of nitrogens with two attached hydrogens (primary N) is 2. The molecule has 1 unspecified atom stereocenters. The average molecular weight is 503 g/mol. The number of halogens is 1. The van der Waals surface area contributed by atoms with Crippen molar-refractivity contribution in [3.05, 3.63) is 65.5 Å². The van der Waals surface area contributed by atoms with Gasteiger partial charge in [0.05, 0.1) is 16.6 Å². The number of aromatic hydroxyl groups is 2. The second kappa shape index (κ2) is 8.94. The lowest BCUT2D eigenvalue weighted by Crippen LogP contribution is -2.43. The van der Waals surface area contributed by atoms with Crippen LogP contribution < -0.4 is 11.5 Å². The van der Waals surface area contributed by atoms with Crippen LogP contribution in [0.4, 0.5) is 4.39 Å². The van der Waals surface area contributed by atoms with Crippen LogP contribution in [0.2, 0.25) is 0 Å². The summed E-state index contributed by atoms with van der Waals surface area (Å²) in [5, 5.41) is 29.3. The molecule has 5 rings (SSSR count). The van der Waals surface area contributed by atoms with Crippen LogP contribution in [-0.2, 0) is 4.79 Å². The summed E-state index contributed by atoms with van der Waals surface area (Å²) in [5.74, 6) is -2.38. The van der Waals surface area contributed by atoms with Gasteiger partial charge in [0.1, 0.15) is 35.0 Å². The van der Waals surface area contributed by atoms with Gasteiger partial charge in [-0.2, -0.15) is 0 Å². The lowest BCUT2D eigenvalue weighted by Gasteiger charge is -2.23. The molecule has 0 aliphatic carbocycles. The summed E-state index contributed by atoms with van der Waals surface area (Å²) >= 11 is 0. The Hall–Kier alpha value is -4.93. The van der Waals surface area contributed by atoms with Crippen molar-refractivity contribution >= 4 is 28.7 Å². The summed E-state index contributed by atoms with van der Waals surface area (Å²) < 4.78 is 14.1. The molecule has 2 heterocycles. The number of H-pyrrole nitrogens is 1. The molecular weight excluding hydrogens is 479 g/mol. The van der Waals surface area contributed by atoms with E-state index in [0.29, 0.717) is 36.0 Å². The number of nitrogen functional groups attached to an aromatic ring is 1. The highest BCUT2D eigenvalue weighted by Gasteiger charge is 2.34. The predicted octanol–water partition coefficient (Wildman–Crippen LogP) is 2.82. The molecule has 3 aromatic carbocycles. The van der Waals surface area contributed by atoms with Gasteiger partial charge in [-0.05, 0) is 61.4 Å². The molecule has 1 aromatic heterocycles. The molecule has 1 aliphatic rings. The van der Waals surface area contributed by atoms with Crippen molar-refractivity contribution in [1.29, 1.82) is 5.41 Å². The number of carbonyl (C=O) groups is 2. The summed E-state index contributed by atoms with van der Waals surface area (Å²) in [7, 11) is 0. The Labute approximate surface area is 209 Å². The van der Waals surface area contributed by atoms with Crippen LogP contribution in [0, 0.1) is 11.2 Å². The van der Waals surface area contributed by atoms with Gasteiger partial charge in [0.25, 0.3) is 5.91 Å². The van der Waals surface area contributed by atoms with Gasteiger partial charge in [-0.15, -0.1) is 0 Å². The SMILES string of the molecule is N=C(N)c1ccc2nc(-c3cc(C(=O)N4CCCC4C(N)=O)cc(-c4cc(F)ccc4O)c3O)[nH]c2c1. The van der Waals surface area contributed by atoms with Crippen molar-refractivity contribution in [2.75, 3.05) is 6.54 Å². The number of aromatic amines is 1. The number of likely N-dealkylation sites (tertiary alicyclic amines) is 1. The molecule has 188 valence electrons. The van der Waals surface area contributed by atoms with Crippen molar-refractivity contribution < 1.29 is 24.2 Å². The largest absolute Gasteiger partial charge is 0.507 e. The minimum absolute atomic E-state index is 0.00227. The third-order valence-electron chi connectivity index (χ3n) is 6.50. The Morgan fingerprint density at radius 3 is 2.51 bits per heavy atom. The van der Waals surface area contributed by atoms with Gasteiger partial charge in [-0.25, -0.2) is 9.37 Å². The Bertz CT molecular complexity index is 1600. The summed E-state index contributed by atoms with van der Waals surface area (Å²) in [6, 6.07) is 10.1. The molecule has 4 aromatic rings. The molecule has 0 saturated carbocycles. The number of primary amides is 1. The van der Waals surface area contributed by atoms with E-state index in [1.54, 1.807) is 18.2 Å². The zero-order valence-corrected chi connectivity index (χ0v) is 19.5. The highest BCUT2D eigenvalue weighted by atomic mass is 19.1. The second-order valence-electron chi connectivity index (χ2n) is 8.87. The zero-order valence-electron chi connectivity index (χ0n) is 19.5. The number of benzene rings is 3. The molecule has 0 spiro atoms. The number of amides is 2. The summed E-state index contributed by atoms with van der Waals surface area (Å²) in [4.78, 5) is 34.3. The van der Waals surface area contributed by atoms with E-state index in [1.807, 2.05) is 0 Å².